The van der Waals surface area contributed by atoms with Crippen molar-refractivity contribution in [2.45, 2.75) is 39.7 Å². The summed E-state index contributed by atoms with van der Waals surface area (Å²) in [6.07, 6.45) is 7.25. The van der Waals surface area contributed by atoms with Crippen molar-refractivity contribution in [1.82, 2.24) is 9.36 Å². The van der Waals surface area contributed by atoms with E-state index in [0.717, 1.165) is 12.1 Å². The van der Waals surface area contributed by atoms with Crippen LogP contribution >= 0.6 is 0 Å². The molecule has 18 heavy (non-hydrogen) atoms. The molecule has 0 saturated heterocycles. The van der Waals surface area contributed by atoms with E-state index in [0.29, 0.717) is 24.9 Å². The first-order chi connectivity index (χ1) is 8.66. The highest BCUT2D eigenvalue weighted by Gasteiger charge is 2.25. The first-order valence-electron chi connectivity index (χ1n) is 6.18. The van der Waals surface area contributed by atoms with E-state index >= 15 is 0 Å². The topological polar surface area (TPSA) is 56.4 Å². The second kappa shape index (κ2) is 5.16. The molecule has 96 valence electrons. The summed E-state index contributed by atoms with van der Waals surface area (Å²) >= 11 is 0. The largest absolute Gasteiger partial charge is 0.273 e. The van der Waals surface area contributed by atoms with E-state index < -0.39 is 0 Å². The van der Waals surface area contributed by atoms with Gasteiger partial charge in [0.25, 0.3) is 5.56 Å². The molecular weight excluding hydrogens is 230 g/mol. The van der Waals surface area contributed by atoms with Crippen molar-refractivity contribution in [1.29, 1.82) is 0 Å². The number of rotatable bonds is 4. The van der Waals surface area contributed by atoms with Gasteiger partial charge in [-0.15, -0.1) is 0 Å². The van der Waals surface area contributed by atoms with Crippen LogP contribution in [-0.2, 0) is 13.0 Å². The highest BCUT2D eigenvalue weighted by molar-refractivity contribution is 5.80. The summed E-state index contributed by atoms with van der Waals surface area (Å²) in [6, 6.07) is 0. The van der Waals surface area contributed by atoms with E-state index in [2.05, 4.69) is 4.99 Å². The number of hydrogen-bond donors (Lipinski definition) is 0. The molecule has 1 aromatic rings. The summed E-state index contributed by atoms with van der Waals surface area (Å²) in [6.45, 7) is 4.28. The second-order valence-corrected chi connectivity index (χ2v) is 4.28. The SMILES string of the molecule is CCC=N/C=C\Cc1c(C)c(=O)n2n1C(=O)CC2. The van der Waals surface area contributed by atoms with Gasteiger partial charge >= 0.3 is 0 Å². The first kappa shape index (κ1) is 12.5. The fourth-order valence-electron chi connectivity index (χ4n) is 2.14. The first-order valence-corrected chi connectivity index (χ1v) is 6.18. The van der Waals surface area contributed by atoms with Gasteiger partial charge in [-0.25, -0.2) is 9.36 Å². The fraction of sp³-hybridized carbons (Fsp3) is 0.462. The number of carbonyl (C=O) groups is 1. The summed E-state index contributed by atoms with van der Waals surface area (Å²) in [5, 5.41) is 0. The van der Waals surface area contributed by atoms with Crippen LogP contribution in [0.4, 0.5) is 0 Å². The number of aliphatic imine (C=N–C) groups is 1. The molecule has 0 amide bonds. The van der Waals surface area contributed by atoms with Gasteiger partial charge in [-0.2, -0.15) is 0 Å². The molecule has 0 fully saturated rings. The normalized spacial score (nSPS) is 15.1. The lowest BCUT2D eigenvalue weighted by Gasteiger charge is -2.02. The van der Waals surface area contributed by atoms with Gasteiger partial charge < -0.3 is 0 Å². The number of allylic oxidation sites excluding steroid dienone is 1. The van der Waals surface area contributed by atoms with E-state index in [1.54, 1.807) is 13.1 Å². The average Bonchev–Trinajstić information content (AvgIpc) is 2.84. The summed E-state index contributed by atoms with van der Waals surface area (Å²) in [5.41, 5.74) is 1.39. The Labute approximate surface area is 105 Å². The second-order valence-electron chi connectivity index (χ2n) is 4.28. The maximum atomic E-state index is 11.9. The van der Waals surface area contributed by atoms with Crippen LogP contribution in [0.1, 0.15) is 35.8 Å². The lowest BCUT2D eigenvalue weighted by molar-refractivity contribution is 0.0913. The summed E-state index contributed by atoms with van der Waals surface area (Å²) in [4.78, 5) is 27.7. The predicted molar refractivity (Wildman–Crippen MR) is 70.3 cm³/mol. The van der Waals surface area contributed by atoms with Crippen LogP contribution in [0.2, 0.25) is 0 Å². The summed E-state index contributed by atoms with van der Waals surface area (Å²) < 4.78 is 3.04. The summed E-state index contributed by atoms with van der Waals surface area (Å²) in [5.74, 6) is 0.000611. The fourth-order valence-corrected chi connectivity index (χ4v) is 2.14. The molecule has 1 aliphatic heterocycles. The molecular formula is C13H17N3O2. The number of fused-ring (bicyclic) bond motifs is 1. The standard InChI is InChI=1S/C13H17N3O2/c1-3-7-14-8-4-5-11-10(2)13(18)15-9-6-12(17)16(11)15/h4,7-8H,3,5-6,9H2,1-2H3/b8-4-,14-7?. The van der Waals surface area contributed by atoms with Crippen LogP contribution in [0.5, 0.6) is 0 Å². The Kier molecular flexibility index (Phi) is 3.60. The number of aromatic nitrogens is 2. The molecule has 2 rings (SSSR count). The van der Waals surface area contributed by atoms with Gasteiger partial charge in [0, 0.05) is 30.8 Å². The molecule has 0 atom stereocenters. The Morgan fingerprint density at radius 3 is 2.89 bits per heavy atom. The van der Waals surface area contributed by atoms with E-state index in [-0.39, 0.29) is 11.5 Å². The molecule has 5 heteroatoms. The molecule has 0 bridgehead atoms. The highest BCUT2D eigenvalue weighted by Crippen LogP contribution is 2.13. The van der Waals surface area contributed by atoms with E-state index in [1.165, 1.54) is 9.36 Å². The Bertz CT molecular complexity index is 576. The molecule has 0 radical (unpaired) electrons. The van der Waals surface area contributed by atoms with Gasteiger partial charge in [-0.1, -0.05) is 13.0 Å². The van der Waals surface area contributed by atoms with E-state index in [9.17, 15) is 9.59 Å². The van der Waals surface area contributed by atoms with E-state index in [4.69, 9.17) is 0 Å². The maximum Gasteiger partial charge on any atom is 0.270 e. The van der Waals surface area contributed by atoms with Gasteiger partial charge in [0.2, 0.25) is 5.91 Å². The average molecular weight is 247 g/mol. The Balaban J connectivity index is 2.26. The van der Waals surface area contributed by atoms with Crippen LogP contribution in [0.3, 0.4) is 0 Å². The van der Waals surface area contributed by atoms with Crippen molar-refractivity contribution < 1.29 is 4.79 Å². The van der Waals surface area contributed by atoms with Gasteiger partial charge in [-0.05, 0) is 13.3 Å². The number of nitrogens with zero attached hydrogens (tertiary/aromatic N) is 3. The lowest BCUT2D eigenvalue weighted by Crippen LogP contribution is -2.19. The van der Waals surface area contributed by atoms with Gasteiger partial charge in [0.1, 0.15) is 0 Å². The smallest absolute Gasteiger partial charge is 0.270 e. The van der Waals surface area contributed by atoms with Crippen molar-refractivity contribution >= 4 is 12.1 Å². The maximum absolute atomic E-state index is 11.9. The van der Waals surface area contributed by atoms with Gasteiger partial charge in [0.15, 0.2) is 0 Å². The zero-order valence-corrected chi connectivity index (χ0v) is 10.7. The third kappa shape index (κ3) is 2.08. The molecule has 0 N–H and O–H groups in total. The number of hydrogen-bond acceptors (Lipinski definition) is 3. The molecule has 1 aromatic heterocycles. The van der Waals surface area contributed by atoms with Crippen molar-refractivity contribution in [3.8, 4) is 0 Å². The van der Waals surface area contributed by atoms with Gasteiger partial charge in [0.05, 0.1) is 12.2 Å². The Morgan fingerprint density at radius 2 is 2.17 bits per heavy atom. The minimum Gasteiger partial charge on any atom is -0.273 e. The molecule has 0 saturated carbocycles. The van der Waals surface area contributed by atoms with Crippen LogP contribution in [0.15, 0.2) is 22.1 Å². The van der Waals surface area contributed by atoms with Crippen molar-refractivity contribution in [2.24, 2.45) is 4.99 Å². The lowest BCUT2D eigenvalue weighted by atomic mass is 10.2. The van der Waals surface area contributed by atoms with Crippen LogP contribution in [0, 0.1) is 6.92 Å². The zero-order valence-electron chi connectivity index (χ0n) is 10.7. The molecule has 1 aliphatic rings. The quantitative estimate of drug-likeness (QED) is 0.758. The van der Waals surface area contributed by atoms with Crippen LogP contribution in [0.25, 0.3) is 0 Å². The third-order valence-electron chi connectivity index (χ3n) is 3.05. The molecule has 5 nitrogen and oxygen atoms in total. The van der Waals surface area contributed by atoms with Gasteiger partial charge in [-0.3, -0.25) is 14.6 Å². The van der Waals surface area contributed by atoms with Crippen molar-refractivity contribution in [3.63, 3.8) is 0 Å². The summed E-state index contributed by atoms with van der Waals surface area (Å²) in [7, 11) is 0. The Hall–Kier alpha value is -1.91. The third-order valence-corrected chi connectivity index (χ3v) is 3.05. The van der Waals surface area contributed by atoms with Crippen molar-refractivity contribution in [3.05, 3.63) is 33.9 Å². The predicted octanol–water partition coefficient (Wildman–Crippen LogP) is 1.54. The molecule has 0 spiro atoms. The minimum absolute atomic E-state index is 0.000611. The molecule has 0 unspecified atom stereocenters. The van der Waals surface area contributed by atoms with Crippen LogP contribution in [-0.4, -0.2) is 21.5 Å². The van der Waals surface area contributed by atoms with Crippen molar-refractivity contribution in [2.75, 3.05) is 0 Å². The van der Waals surface area contributed by atoms with E-state index in [1.807, 2.05) is 19.2 Å². The molecule has 2 heterocycles. The monoisotopic (exact) mass is 247 g/mol. The highest BCUT2D eigenvalue weighted by atomic mass is 16.2. The van der Waals surface area contributed by atoms with Crippen LogP contribution < -0.4 is 5.56 Å². The molecule has 0 aromatic carbocycles. The molecule has 0 aliphatic carbocycles. The minimum atomic E-state index is -0.0543. The zero-order chi connectivity index (χ0) is 13.1. The number of carbonyl (C=O) groups excluding carboxylic acids is 1. The Morgan fingerprint density at radius 1 is 1.39 bits per heavy atom.